The van der Waals surface area contributed by atoms with E-state index in [1.165, 1.54) is 38.5 Å². The number of β-amino-alcohol motifs (C(OH)–C–C–N with tert-alkyl or cyclic N) is 1. The van der Waals surface area contributed by atoms with Crippen LogP contribution in [0.3, 0.4) is 0 Å². The molecule has 2 aliphatic carbocycles. The molecule has 23 heavy (non-hydrogen) atoms. The van der Waals surface area contributed by atoms with Gasteiger partial charge in [0.2, 0.25) is 0 Å². The van der Waals surface area contributed by atoms with Crippen LogP contribution in [-0.2, 0) is 4.74 Å². The Morgan fingerprint density at radius 3 is 2.35 bits per heavy atom. The molecule has 0 spiro atoms. The smallest absolute Gasteiger partial charge is 0.0900 e. The van der Waals surface area contributed by atoms with Crippen LogP contribution >= 0.6 is 0 Å². The summed E-state index contributed by atoms with van der Waals surface area (Å²) in [6.07, 6.45) is 7.73. The van der Waals surface area contributed by atoms with E-state index < -0.39 is 0 Å². The van der Waals surface area contributed by atoms with Gasteiger partial charge >= 0.3 is 0 Å². The van der Waals surface area contributed by atoms with Crippen molar-refractivity contribution in [1.29, 1.82) is 0 Å². The van der Waals surface area contributed by atoms with E-state index in [0.29, 0.717) is 30.2 Å². The van der Waals surface area contributed by atoms with E-state index in [2.05, 4.69) is 39.5 Å². The lowest BCUT2D eigenvalue weighted by Crippen LogP contribution is -2.49. The largest absolute Gasteiger partial charge is 0.389 e. The first-order valence-electron chi connectivity index (χ1n) is 9.79. The first-order valence-corrected chi connectivity index (χ1v) is 9.79. The first kappa shape index (κ1) is 17.7. The molecule has 0 aromatic carbocycles. The Labute approximate surface area is 142 Å². The fraction of sp³-hybridized carbons (Fsp3) is 1.00. The molecule has 2 bridgehead atoms. The van der Waals surface area contributed by atoms with E-state index in [0.717, 1.165) is 12.5 Å². The highest BCUT2D eigenvalue weighted by Gasteiger charge is 2.60. The van der Waals surface area contributed by atoms with Gasteiger partial charge in [-0.3, -0.25) is 4.90 Å². The minimum atomic E-state index is -0.364. The summed E-state index contributed by atoms with van der Waals surface area (Å²) in [6.45, 7) is 13.0. The van der Waals surface area contributed by atoms with Crippen molar-refractivity contribution in [3.63, 3.8) is 0 Å². The van der Waals surface area contributed by atoms with Crippen LogP contribution < -0.4 is 0 Å². The van der Waals surface area contributed by atoms with Gasteiger partial charge in [-0.1, -0.05) is 27.2 Å². The monoisotopic (exact) mass is 323 g/mol. The molecule has 2 saturated carbocycles. The highest BCUT2D eigenvalue weighted by molar-refractivity contribution is 5.09. The number of hydrogen-bond acceptors (Lipinski definition) is 3. The van der Waals surface area contributed by atoms with Crippen LogP contribution in [0.4, 0.5) is 0 Å². The van der Waals surface area contributed by atoms with Gasteiger partial charge in [0.15, 0.2) is 0 Å². The summed E-state index contributed by atoms with van der Waals surface area (Å²) in [5, 5.41) is 10.6. The lowest BCUT2D eigenvalue weighted by Gasteiger charge is -2.43. The maximum atomic E-state index is 10.6. The molecule has 0 amide bonds. The summed E-state index contributed by atoms with van der Waals surface area (Å²) >= 11 is 0. The predicted molar refractivity (Wildman–Crippen MR) is 94.5 cm³/mol. The average molecular weight is 324 g/mol. The molecule has 1 aliphatic heterocycles. The molecule has 1 N–H and O–H groups in total. The first-order chi connectivity index (χ1) is 10.7. The molecular weight excluding hydrogens is 286 g/mol. The maximum Gasteiger partial charge on any atom is 0.0900 e. The maximum absolute atomic E-state index is 10.6. The van der Waals surface area contributed by atoms with Gasteiger partial charge in [-0.25, -0.2) is 0 Å². The van der Waals surface area contributed by atoms with Gasteiger partial charge in [0.05, 0.1) is 18.8 Å². The van der Waals surface area contributed by atoms with Crippen molar-refractivity contribution in [3.05, 3.63) is 0 Å². The van der Waals surface area contributed by atoms with E-state index in [1.807, 2.05) is 0 Å². The van der Waals surface area contributed by atoms with Crippen molar-refractivity contribution in [2.45, 2.75) is 97.4 Å². The van der Waals surface area contributed by atoms with Gasteiger partial charge < -0.3 is 9.84 Å². The summed E-state index contributed by atoms with van der Waals surface area (Å²) in [6, 6.07) is 1.18. The third-order valence-electron chi connectivity index (χ3n) is 7.39. The Balaban J connectivity index is 1.54. The van der Waals surface area contributed by atoms with E-state index in [4.69, 9.17) is 4.74 Å². The molecule has 6 atom stereocenters. The van der Waals surface area contributed by atoms with E-state index in [9.17, 15) is 5.11 Å². The van der Waals surface area contributed by atoms with E-state index >= 15 is 0 Å². The molecule has 0 aromatic heterocycles. The van der Waals surface area contributed by atoms with Gasteiger partial charge in [0.1, 0.15) is 0 Å². The third-order valence-corrected chi connectivity index (χ3v) is 7.39. The second-order valence-corrected chi connectivity index (χ2v) is 9.61. The molecule has 0 radical (unpaired) electrons. The van der Waals surface area contributed by atoms with Gasteiger partial charge in [0, 0.05) is 18.6 Å². The summed E-state index contributed by atoms with van der Waals surface area (Å²) in [5.74, 6) is 0.803. The topological polar surface area (TPSA) is 32.7 Å². The van der Waals surface area contributed by atoms with Crippen LogP contribution in [-0.4, -0.2) is 47.4 Å². The lowest BCUT2D eigenvalue weighted by atomic mass is 9.70. The predicted octanol–water partition coefficient (Wildman–Crippen LogP) is 3.84. The molecule has 0 unspecified atom stereocenters. The summed E-state index contributed by atoms with van der Waals surface area (Å²) in [7, 11) is 0. The van der Waals surface area contributed by atoms with E-state index in [1.54, 1.807) is 0 Å². The molecule has 1 saturated heterocycles. The van der Waals surface area contributed by atoms with Crippen molar-refractivity contribution in [1.82, 2.24) is 4.90 Å². The van der Waals surface area contributed by atoms with Crippen LogP contribution in [0, 0.1) is 16.7 Å². The quantitative estimate of drug-likeness (QED) is 0.834. The van der Waals surface area contributed by atoms with Crippen LogP contribution in [0.15, 0.2) is 0 Å². The minimum absolute atomic E-state index is 0.262. The Kier molecular flexibility index (Phi) is 4.85. The minimum Gasteiger partial charge on any atom is -0.389 e. The molecule has 3 rings (SSSR count). The van der Waals surface area contributed by atoms with Crippen LogP contribution in [0.1, 0.15) is 73.1 Å². The number of aliphatic hydroxyl groups excluding tert-OH is 1. The van der Waals surface area contributed by atoms with E-state index in [-0.39, 0.29) is 11.5 Å². The van der Waals surface area contributed by atoms with Gasteiger partial charge in [-0.05, 0) is 62.7 Å². The van der Waals surface area contributed by atoms with Crippen molar-refractivity contribution in [3.8, 4) is 0 Å². The highest BCUT2D eigenvalue weighted by atomic mass is 16.5. The summed E-state index contributed by atoms with van der Waals surface area (Å²) < 4.78 is 6.35. The zero-order chi connectivity index (χ0) is 16.8. The molecular formula is C20H37NO2. The zero-order valence-electron chi connectivity index (χ0n) is 15.8. The number of aliphatic hydroxyl groups is 1. The number of fused-ring (bicyclic) bond motifs is 2. The van der Waals surface area contributed by atoms with Crippen molar-refractivity contribution in [2.24, 2.45) is 16.7 Å². The standard InChI is InChI=1S/C20H37NO2/c1-14-7-6-8-15(2)21(14)12-17(22)13-23-18-19(3,4)16-9-10-20(18,5)11-16/h14-18,22H,6-13H2,1-5H3/t14-,15-,16-,17+,18-,20-/m1/s1. The SMILES string of the molecule is C[C@@H]1CCC[C@@H](C)N1C[C@H](O)CO[C@@H]1C(C)(C)[C@@H]2CC[C@]1(C)C2. The number of hydrogen-bond donors (Lipinski definition) is 1. The van der Waals surface area contributed by atoms with Crippen LogP contribution in [0.5, 0.6) is 0 Å². The average Bonchev–Trinajstić information content (AvgIpc) is 2.94. The molecule has 134 valence electrons. The number of rotatable bonds is 5. The Bertz CT molecular complexity index is 409. The molecule has 3 heteroatoms. The second-order valence-electron chi connectivity index (χ2n) is 9.61. The number of nitrogens with zero attached hydrogens (tertiary/aromatic N) is 1. The number of ether oxygens (including phenoxy) is 1. The lowest BCUT2D eigenvalue weighted by molar-refractivity contribution is -0.116. The second kappa shape index (κ2) is 6.31. The highest BCUT2D eigenvalue weighted by Crippen LogP contribution is 2.63. The summed E-state index contributed by atoms with van der Waals surface area (Å²) in [5.41, 5.74) is 0.595. The third kappa shape index (κ3) is 3.21. The van der Waals surface area contributed by atoms with Crippen molar-refractivity contribution >= 4 is 0 Å². The fourth-order valence-electron chi connectivity index (χ4n) is 6.01. The number of piperidine rings is 1. The normalized spacial score (nSPS) is 44.6. The van der Waals surface area contributed by atoms with Crippen LogP contribution in [0.25, 0.3) is 0 Å². The molecule has 0 aromatic rings. The van der Waals surface area contributed by atoms with Crippen LogP contribution in [0.2, 0.25) is 0 Å². The molecule has 1 heterocycles. The Morgan fingerprint density at radius 1 is 1.13 bits per heavy atom. The van der Waals surface area contributed by atoms with Gasteiger partial charge in [-0.2, -0.15) is 0 Å². The van der Waals surface area contributed by atoms with Crippen molar-refractivity contribution < 1.29 is 9.84 Å². The molecule has 3 aliphatic rings. The van der Waals surface area contributed by atoms with Crippen molar-refractivity contribution in [2.75, 3.05) is 13.2 Å². The molecule has 3 nitrogen and oxygen atoms in total. The Morgan fingerprint density at radius 2 is 1.78 bits per heavy atom. The van der Waals surface area contributed by atoms with Gasteiger partial charge in [-0.15, -0.1) is 0 Å². The zero-order valence-corrected chi connectivity index (χ0v) is 15.8. The number of likely N-dealkylation sites (tertiary alicyclic amines) is 1. The fourth-order valence-corrected chi connectivity index (χ4v) is 6.01. The molecule has 3 fully saturated rings. The van der Waals surface area contributed by atoms with Gasteiger partial charge in [0.25, 0.3) is 0 Å². The summed E-state index contributed by atoms with van der Waals surface area (Å²) in [4.78, 5) is 2.48. The Hall–Kier alpha value is -0.120.